The van der Waals surface area contributed by atoms with E-state index < -0.39 is 0 Å². The number of aromatic nitrogens is 1. The van der Waals surface area contributed by atoms with Crippen LogP contribution in [0.5, 0.6) is 0 Å². The van der Waals surface area contributed by atoms with E-state index in [9.17, 15) is 9.59 Å². The molecule has 2 heterocycles. The predicted molar refractivity (Wildman–Crippen MR) is 131 cm³/mol. The third-order valence-electron chi connectivity index (χ3n) is 5.97. The van der Waals surface area contributed by atoms with Gasteiger partial charge in [-0.3, -0.25) is 14.6 Å². The van der Waals surface area contributed by atoms with Gasteiger partial charge in [-0.1, -0.05) is 38.4 Å². The molecule has 1 aliphatic rings. The third kappa shape index (κ3) is 4.87. The lowest BCUT2D eigenvalue weighted by Crippen LogP contribution is -2.27. The summed E-state index contributed by atoms with van der Waals surface area (Å²) in [7, 11) is 0. The number of thiophene rings is 1. The number of fused-ring (bicyclic) bond motifs is 1. The molecule has 1 aliphatic carbocycles. The van der Waals surface area contributed by atoms with Crippen LogP contribution < -0.4 is 10.6 Å². The van der Waals surface area contributed by atoms with E-state index in [2.05, 4.69) is 36.4 Å². The molecule has 1 atom stereocenters. The summed E-state index contributed by atoms with van der Waals surface area (Å²) in [4.78, 5) is 31.4. The molecule has 0 saturated heterocycles. The van der Waals surface area contributed by atoms with E-state index in [4.69, 9.17) is 11.6 Å². The lowest BCUT2D eigenvalue weighted by molar-refractivity contribution is 0.102. The fraction of sp³-hybridized carbons (Fsp3) is 0.320. The molecule has 7 heteroatoms. The summed E-state index contributed by atoms with van der Waals surface area (Å²) in [6, 6.07) is 10.4. The summed E-state index contributed by atoms with van der Waals surface area (Å²) in [5.74, 6) is 0.0421. The van der Waals surface area contributed by atoms with Crippen molar-refractivity contribution in [1.82, 2.24) is 4.98 Å². The molecule has 1 aromatic carbocycles. The second-order valence-corrected chi connectivity index (χ2v) is 10.7. The molecule has 3 aromatic rings. The number of benzene rings is 1. The van der Waals surface area contributed by atoms with Crippen molar-refractivity contribution in [3.63, 3.8) is 0 Å². The topological polar surface area (TPSA) is 71.1 Å². The first-order valence-corrected chi connectivity index (χ1v) is 11.8. The monoisotopic (exact) mass is 467 g/mol. The summed E-state index contributed by atoms with van der Waals surface area (Å²) in [6.07, 6.45) is 5.90. The standard InChI is InChI=1S/C25H26ClN3O2S/c1-25(2,3)16-7-8-19-20(13-16)32-24(29-22(30)15-9-11-27-12-10-15)21(19)23(31)28-18-6-4-5-17(26)14-18/h4-6,9-12,14,16H,7-8,13H2,1-3H3,(H,28,31)(H,29,30). The average molecular weight is 468 g/mol. The van der Waals surface area contributed by atoms with Crippen LogP contribution in [0.15, 0.2) is 48.8 Å². The van der Waals surface area contributed by atoms with Gasteiger partial charge in [-0.25, -0.2) is 0 Å². The van der Waals surface area contributed by atoms with Crippen LogP contribution in [0.2, 0.25) is 5.02 Å². The SMILES string of the molecule is CC(C)(C)C1CCc2c(sc(NC(=O)c3ccncc3)c2C(=O)Nc2cccc(Cl)c2)C1. The normalized spacial score (nSPS) is 15.7. The molecule has 1 unspecified atom stereocenters. The van der Waals surface area contributed by atoms with Gasteiger partial charge in [0.1, 0.15) is 5.00 Å². The lowest BCUT2D eigenvalue weighted by atomic mass is 9.72. The van der Waals surface area contributed by atoms with Gasteiger partial charge in [0.25, 0.3) is 11.8 Å². The van der Waals surface area contributed by atoms with Crippen molar-refractivity contribution in [2.75, 3.05) is 10.6 Å². The number of rotatable bonds is 4. The number of amides is 2. The van der Waals surface area contributed by atoms with Crippen LogP contribution in [0.25, 0.3) is 0 Å². The smallest absolute Gasteiger partial charge is 0.258 e. The second-order valence-electron chi connectivity index (χ2n) is 9.17. The minimum atomic E-state index is -0.254. The Morgan fingerprint density at radius 1 is 1.09 bits per heavy atom. The lowest BCUT2D eigenvalue weighted by Gasteiger charge is -2.33. The molecule has 166 valence electrons. The number of hydrogen-bond donors (Lipinski definition) is 2. The van der Waals surface area contributed by atoms with E-state index in [-0.39, 0.29) is 17.2 Å². The van der Waals surface area contributed by atoms with Gasteiger partial charge in [0.2, 0.25) is 0 Å². The number of pyridine rings is 1. The van der Waals surface area contributed by atoms with Crippen molar-refractivity contribution in [2.24, 2.45) is 11.3 Å². The van der Waals surface area contributed by atoms with E-state index in [1.807, 2.05) is 0 Å². The molecular weight excluding hydrogens is 442 g/mol. The zero-order valence-corrected chi connectivity index (χ0v) is 19.9. The van der Waals surface area contributed by atoms with E-state index in [1.165, 1.54) is 16.2 Å². The first-order valence-electron chi connectivity index (χ1n) is 10.6. The van der Waals surface area contributed by atoms with Gasteiger partial charge < -0.3 is 10.6 Å². The molecule has 32 heavy (non-hydrogen) atoms. The molecule has 5 nitrogen and oxygen atoms in total. The molecule has 0 bridgehead atoms. The van der Waals surface area contributed by atoms with E-state index in [0.29, 0.717) is 32.8 Å². The van der Waals surface area contributed by atoms with Crippen molar-refractivity contribution in [3.8, 4) is 0 Å². The van der Waals surface area contributed by atoms with Crippen molar-refractivity contribution in [2.45, 2.75) is 40.0 Å². The minimum absolute atomic E-state index is 0.186. The first-order chi connectivity index (χ1) is 15.2. The van der Waals surface area contributed by atoms with Crippen LogP contribution >= 0.6 is 22.9 Å². The molecule has 2 amide bonds. The molecule has 0 aliphatic heterocycles. The highest BCUT2D eigenvalue weighted by Crippen LogP contribution is 2.44. The molecule has 0 saturated carbocycles. The summed E-state index contributed by atoms with van der Waals surface area (Å²) < 4.78 is 0. The molecule has 2 N–H and O–H groups in total. The number of carbonyl (C=O) groups is 2. The third-order valence-corrected chi connectivity index (χ3v) is 7.37. The van der Waals surface area contributed by atoms with Gasteiger partial charge >= 0.3 is 0 Å². The number of nitrogens with zero attached hydrogens (tertiary/aromatic N) is 1. The zero-order valence-electron chi connectivity index (χ0n) is 18.4. The maximum absolute atomic E-state index is 13.4. The van der Waals surface area contributed by atoms with Gasteiger partial charge in [0, 0.05) is 33.5 Å². The Morgan fingerprint density at radius 2 is 1.84 bits per heavy atom. The van der Waals surface area contributed by atoms with Crippen molar-refractivity contribution in [1.29, 1.82) is 0 Å². The highest BCUT2D eigenvalue weighted by Gasteiger charge is 2.34. The summed E-state index contributed by atoms with van der Waals surface area (Å²) >= 11 is 7.60. The number of anilines is 2. The number of nitrogens with one attached hydrogen (secondary N) is 2. The molecule has 4 rings (SSSR count). The Balaban J connectivity index is 1.69. The molecule has 0 radical (unpaired) electrons. The van der Waals surface area contributed by atoms with Gasteiger partial charge in [-0.15, -0.1) is 11.3 Å². The maximum Gasteiger partial charge on any atom is 0.258 e. The molecule has 0 spiro atoms. The van der Waals surface area contributed by atoms with Crippen LogP contribution in [-0.2, 0) is 12.8 Å². The Labute approximate surface area is 197 Å². The first kappa shape index (κ1) is 22.5. The number of halogens is 1. The highest BCUT2D eigenvalue weighted by atomic mass is 35.5. The van der Waals surface area contributed by atoms with Gasteiger partial charge in [0.05, 0.1) is 5.56 Å². The van der Waals surface area contributed by atoms with Crippen LogP contribution in [0.3, 0.4) is 0 Å². The van der Waals surface area contributed by atoms with Crippen molar-refractivity contribution < 1.29 is 9.59 Å². The Kier molecular flexibility index (Phi) is 6.35. The van der Waals surface area contributed by atoms with Gasteiger partial charge in [-0.2, -0.15) is 0 Å². The zero-order chi connectivity index (χ0) is 22.9. The highest BCUT2D eigenvalue weighted by molar-refractivity contribution is 7.17. The summed E-state index contributed by atoms with van der Waals surface area (Å²) in [6.45, 7) is 6.78. The van der Waals surface area contributed by atoms with Crippen LogP contribution in [-0.4, -0.2) is 16.8 Å². The van der Waals surface area contributed by atoms with Gasteiger partial charge in [-0.05, 0) is 66.5 Å². The fourth-order valence-corrected chi connectivity index (χ4v) is 5.60. The van der Waals surface area contributed by atoms with Crippen molar-refractivity contribution in [3.05, 3.63) is 75.4 Å². The fourth-order valence-electron chi connectivity index (χ4n) is 4.09. The Morgan fingerprint density at radius 3 is 2.53 bits per heavy atom. The number of hydrogen-bond acceptors (Lipinski definition) is 4. The largest absolute Gasteiger partial charge is 0.322 e. The maximum atomic E-state index is 13.4. The van der Waals surface area contributed by atoms with Gasteiger partial charge in [0.15, 0.2) is 0 Å². The van der Waals surface area contributed by atoms with Crippen LogP contribution in [0.1, 0.15) is 58.3 Å². The summed E-state index contributed by atoms with van der Waals surface area (Å²) in [5.41, 5.74) is 2.91. The van der Waals surface area contributed by atoms with Crippen LogP contribution in [0.4, 0.5) is 10.7 Å². The Hall–Kier alpha value is -2.70. The average Bonchev–Trinajstić information content (AvgIpc) is 3.10. The van der Waals surface area contributed by atoms with Crippen LogP contribution in [0, 0.1) is 11.3 Å². The van der Waals surface area contributed by atoms with E-state index in [1.54, 1.807) is 48.8 Å². The molecule has 0 fully saturated rings. The van der Waals surface area contributed by atoms with E-state index in [0.717, 1.165) is 24.8 Å². The Bertz CT molecular complexity index is 1150. The van der Waals surface area contributed by atoms with Crippen molar-refractivity contribution >= 4 is 45.4 Å². The quantitative estimate of drug-likeness (QED) is 0.463. The molecular formula is C25H26ClN3O2S. The number of carbonyl (C=O) groups excluding carboxylic acids is 2. The van der Waals surface area contributed by atoms with E-state index >= 15 is 0 Å². The molecule has 2 aromatic heterocycles. The summed E-state index contributed by atoms with van der Waals surface area (Å²) in [5, 5.41) is 7.07. The predicted octanol–water partition coefficient (Wildman–Crippen LogP) is 6.45. The minimum Gasteiger partial charge on any atom is -0.322 e. The second kappa shape index (κ2) is 9.04.